The maximum atomic E-state index is 12.6. The summed E-state index contributed by atoms with van der Waals surface area (Å²) in [5.41, 5.74) is 7.73. The maximum Gasteiger partial charge on any atom is 0.240 e. The first-order valence-electron chi connectivity index (χ1n) is 7.04. The fourth-order valence-electron chi connectivity index (χ4n) is 3.11. The summed E-state index contributed by atoms with van der Waals surface area (Å²) < 4.78 is 0. The molecule has 20 heavy (non-hydrogen) atoms. The molecule has 2 aliphatic rings. The van der Waals surface area contributed by atoms with E-state index in [9.17, 15) is 9.59 Å². The third kappa shape index (κ3) is 2.29. The Balaban J connectivity index is 1.88. The average Bonchev–Trinajstić information content (AvgIpc) is 2.99. The first-order chi connectivity index (χ1) is 9.66. The molecule has 5 heteroatoms. The van der Waals surface area contributed by atoms with E-state index in [1.807, 2.05) is 24.3 Å². The second kappa shape index (κ2) is 5.25. The third-order valence-corrected chi connectivity index (χ3v) is 4.27. The van der Waals surface area contributed by atoms with Crippen LogP contribution in [0.5, 0.6) is 0 Å². The van der Waals surface area contributed by atoms with E-state index in [4.69, 9.17) is 5.73 Å². The molecule has 0 aliphatic carbocycles. The van der Waals surface area contributed by atoms with Crippen LogP contribution in [0, 0.1) is 5.92 Å². The Labute approximate surface area is 118 Å². The molecule has 0 spiro atoms. The summed E-state index contributed by atoms with van der Waals surface area (Å²) in [4.78, 5) is 26.0. The van der Waals surface area contributed by atoms with Gasteiger partial charge >= 0.3 is 0 Å². The molecule has 2 heterocycles. The van der Waals surface area contributed by atoms with Crippen LogP contribution in [0.2, 0.25) is 0 Å². The smallest absolute Gasteiger partial charge is 0.240 e. The SMILES string of the molecule is NC(=O)[C@H]1Cc2ccccc2CN1C(=O)[C@H]1CCNC1. The van der Waals surface area contributed by atoms with Gasteiger partial charge in [0, 0.05) is 19.5 Å². The predicted molar refractivity (Wildman–Crippen MR) is 74.7 cm³/mol. The molecule has 2 aliphatic heterocycles. The van der Waals surface area contributed by atoms with E-state index in [0.29, 0.717) is 19.5 Å². The highest BCUT2D eigenvalue weighted by Crippen LogP contribution is 2.25. The van der Waals surface area contributed by atoms with E-state index in [-0.39, 0.29) is 11.8 Å². The number of hydrogen-bond acceptors (Lipinski definition) is 3. The zero-order valence-electron chi connectivity index (χ0n) is 11.3. The highest BCUT2D eigenvalue weighted by Gasteiger charge is 2.36. The van der Waals surface area contributed by atoms with Crippen molar-refractivity contribution < 1.29 is 9.59 Å². The van der Waals surface area contributed by atoms with Gasteiger partial charge in [0.15, 0.2) is 0 Å². The normalized spacial score (nSPS) is 25.3. The van der Waals surface area contributed by atoms with Crippen LogP contribution in [-0.2, 0) is 22.6 Å². The topological polar surface area (TPSA) is 75.4 Å². The number of rotatable bonds is 2. The Morgan fingerprint density at radius 2 is 2.00 bits per heavy atom. The van der Waals surface area contributed by atoms with Crippen LogP contribution in [0.15, 0.2) is 24.3 Å². The number of fused-ring (bicyclic) bond motifs is 1. The average molecular weight is 273 g/mol. The number of nitrogens with one attached hydrogen (secondary N) is 1. The van der Waals surface area contributed by atoms with Crippen molar-refractivity contribution in [2.45, 2.75) is 25.4 Å². The summed E-state index contributed by atoms with van der Waals surface area (Å²) in [7, 11) is 0. The zero-order valence-corrected chi connectivity index (χ0v) is 11.3. The lowest BCUT2D eigenvalue weighted by atomic mass is 9.92. The summed E-state index contributed by atoms with van der Waals surface area (Å²) in [5.74, 6) is -0.394. The molecule has 0 unspecified atom stereocenters. The Kier molecular flexibility index (Phi) is 3.44. The number of carbonyl (C=O) groups excluding carboxylic acids is 2. The fraction of sp³-hybridized carbons (Fsp3) is 0.467. The first-order valence-corrected chi connectivity index (χ1v) is 7.04. The highest BCUT2D eigenvalue weighted by atomic mass is 16.2. The molecule has 3 rings (SSSR count). The van der Waals surface area contributed by atoms with Crippen LogP contribution < -0.4 is 11.1 Å². The molecule has 1 aromatic rings. The number of benzene rings is 1. The molecule has 2 atom stereocenters. The van der Waals surface area contributed by atoms with E-state index in [1.165, 1.54) is 0 Å². The lowest BCUT2D eigenvalue weighted by Crippen LogP contribution is -2.53. The van der Waals surface area contributed by atoms with Gasteiger partial charge in [0.2, 0.25) is 11.8 Å². The minimum absolute atomic E-state index is 0.0258. The van der Waals surface area contributed by atoms with Crippen molar-refractivity contribution in [3.05, 3.63) is 35.4 Å². The monoisotopic (exact) mass is 273 g/mol. The molecule has 2 amide bonds. The molecule has 0 bridgehead atoms. The Morgan fingerprint density at radius 1 is 1.25 bits per heavy atom. The van der Waals surface area contributed by atoms with Crippen molar-refractivity contribution in [2.24, 2.45) is 11.7 Å². The van der Waals surface area contributed by atoms with Gasteiger partial charge in [-0.15, -0.1) is 0 Å². The minimum atomic E-state index is -0.516. The Bertz CT molecular complexity index is 538. The van der Waals surface area contributed by atoms with Crippen LogP contribution in [-0.4, -0.2) is 35.8 Å². The van der Waals surface area contributed by atoms with Gasteiger partial charge in [-0.3, -0.25) is 9.59 Å². The number of carbonyl (C=O) groups is 2. The summed E-state index contributed by atoms with van der Waals surface area (Å²) in [6.07, 6.45) is 1.36. The molecule has 106 valence electrons. The number of primary amides is 1. The zero-order chi connectivity index (χ0) is 14.1. The third-order valence-electron chi connectivity index (χ3n) is 4.27. The molecule has 1 saturated heterocycles. The molecule has 5 nitrogen and oxygen atoms in total. The first kappa shape index (κ1) is 13.1. The van der Waals surface area contributed by atoms with Gasteiger partial charge in [0.05, 0.1) is 5.92 Å². The number of nitrogens with two attached hydrogens (primary N) is 1. The molecule has 1 fully saturated rings. The minimum Gasteiger partial charge on any atom is -0.368 e. The summed E-state index contributed by atoms with van der Waals surface area (Å²) in [6.45, 7) is 2.05. The highest BCUT2D eigenvalue weighted by molar-refractivity contribution is 5.88. The van der Waals surface area contributed by atoms with E-state index in [0.717, 1.165) is 24.1 Å². The van der Waals surface area contributed by atoms with Crippen LogP contribution in [0.3, 0.4) is 0 Å². The van der Waals surface area contributed by atoms with Gasteiger partial charge in [-0.05, 0) is 24.1 Å². The predicted octanol–water partition coefficient (Wildman–Crippen LogP) is 0.0347. The maximum absolute atomic E-state index is 12.6. The molecule has 1 aromatic carbocycles. The molecule has 0 saturated carbocycles. The van der Waals surface area contributed by atoms with E-state index in [1.54, 1.807) is 4.90 Å². The number of amides is 2. The van der Waals surface area contributed by atoms with E-state index in [2.05, 4.69) is 5.32 Å². The molecule has 0 aromatic heterocycles. The van der Waals surface area contributed by atoms with Gasteiger partial charge in [0.25, 0.3) is 0 Å². The second-order valence-corrected chi connectivity index (χ2v) is 5.55. The number of hydrogen-bond donors (Lipinski definition) is 2. The van der Waals surface area contributed by atoms with Gasteiger partial charge in [-0.1, -0.05) is 24.3 Å². The van der Waals surface area contributed by atoms with Crippen molar-refractivity contribution >= 4 is 11.8 Å². The van der Waals surface area contributed by atoms with Crippen molar-refractivity contribution in [3.8, 4) is 0 Å². The van der Waals surface area contributed by atoms with Crippen LogP contribution in [0.25, 0.3) is 0 Å². The van der Waals surface area contributed by atoms with Crippen molar-refractivity contribution in [2.75, 3.05) is 13.1 Å². The summed E-state index contributed by atoms with van der Waals surface area (Å²) >= 11 is 0. The Morgan fingerprint density at radius 3 is 2.65 bits per heavy atom. The molecule has 0 radical (unpaired) electrons. The number of nitrogens with zero attached hydrogens (tertiary/aromatic N) is 1. The van der Waals surface area contributed by atoms with Crippen LogP contribution in [0.4, 0.5) is 0 Å². The molecular formula is C15H19N3O2. The molecule has 3 N–H and O–H groups in total. The lowest BCUT2D eigenvalue weighted by molar-refractivity contribution is -0.143. The summed E-state index contributed by atoms with van der Waals surface area (Å²) in [6, 6.07) is 7.42. The standard InChI is InChI=1S/C15H19N3O2/c16-14(19)13-7-10-3-1-2-4-12(10)9-18(13)15(20)11-5-6-17-8-11/h1-4,11,13,17H,5-9H2,(H2,16,19)/t11-,13+/m0/s1. The fourth-order valence-corrected chi connectivity index (χ4v) is 3.11. The van der Waals surface area contributed by atoms with Crippen molar-refractivity contribution in [1.82, 2.24) is 10.2 Å². The molecular weight excluding hydrogens is 254 g/mol. The van der Waals surface area contributed by atoms with E-state index >= 15 is 0 Å². The van der Waals surface area contributed by atoms with Crippen molar-refractivity contribution in [3.63, 3.8) is 0 Å². The quantitative estimate of drug-likeness (QED) is 0.798. The van der Waals surface area contributed by atoms with Gasteiger partial charge in [0.1, 0.15) is 6.04 Å². The summed E-state index contributed by atoms with van der Waals surface area (Å²) in [5, 5.41) is 3.19. The second-order valence-electron chi connectivity index (χ2n) is 5.55. The van der Waals surface area contributed by atoms with Crippen LogP contribution >= 0.6 is 0 Å². The largest absolute Gasteiger partial charge is 0.368 e. The van der Waals surface area contributed by atoms with Gasteiger partial charge in [-0.25, -0.2) is 0 Å². The van der Waals surface area contributed by atoms with Crippen molar-refractivity contribution in [1.29, 1.82) is 0 Å². The van der Waals surface area contributed by atoms with E-state index < -0.39 is 11.9 Å². The Hall–Kier alpha value is -1.88. The van der Waals surface area contributed by atoms with Crippen LogP contribution in [0.1, 0.15) is 17.5 Å². The van der Waals surface area contributed by atoms with Gasteiger partial charge < -0.3 is 16.0 Å². The van der Waals surface area contributed by atoms with Gasteiger partial charge in [-0.2, -0.15) is 0 Å². The lowest BCUT2D eigenvalue weighted by Gasteiger charge is -2.36.